The summed E-state index contributed by atoms with van der Waals surface area (Å²) in [5, 5.41) is 3.98. The van der Waals surface area contributed by atoms with Gasteiger partial charge in [0.05, 0.1) is 0 Å². The van der Waals surface area contributed by atoms with Crippen LogP contribution in [0.4, 0.5) is 0 Å². The molecule has 0 aromatic heterocycles. The molecule has 2 aromatic carbocycles. The van der Waals surface area contributed by atoms with E-state index in [2.05, 4.69) is 5.32 Å². The Morgan fingerprint density at radius 3 is 2.39 bits per heavy atom. The van der Waals surface area contributed by atoms with Crippen molar-refractivity contribution < 1.29 is 14.3 Å². The van der Waals surface area contributed by atoms with Crippen molar-refractivity contribution in [3.63, 3.8) is 0 Å². The normalized spacial score (nSPS) is 14.8. The van der Waals surface area contributed by atoms with Gasteiger partial charge in [0.1, 0.15) is 11.8 Å². The average Bonchev–Trinajstić information content (AvgIpc) is 3.25. The van der Waals surface area contributed by atoms with Crippen molar-refractivity contribution in [2.45, 2.75) is 58.2 Å². The van der Waals surface area contributed by atoms with Crippen molar-refractivity contribution >= 4 is 35.0 Å². The fourth-order valence-corrected chi connectivity index (χ4v) is 4.29. The van der Waals surface area contributed by atoms with Gasteiger partial charge in [0.25, 0.3) is 5.91 Å². The van der Waals surface area contributed by atoms with Crippen LogP contribution in [0, 0.1) is 6.92 Å². The quantitative estimate of drug-likeness (QED) is 0.589. The highest BCUT2D eigenvalue weighted by atomic mass is 35.5. The third kappa shape index (κ3) is 6.14. The number of hydrogen-bond donors (Lipinski definition) is 1. The first-order chi connectivity index (χ1) is 14.9. The van der Waals surface area contributed by atoms with Crippen molar-refractivity contribution in [2.24, 2.45) is 0 Å². The van der Waals surface area contributed by atoms with Crippen molar-refractivity contribution in [2.75, 3.05) is 6.61 Å². The zero-order valence-electron chi connectivity index (χ0n) is 17.9. The van der Waals surface area contributed by atoms with E-state index in [1.807, 2.05) is 31.2 Å². The highest BCUT2D eigenvalue weighted by Gasteiger charge is 2.29. The lowest BCUT2D eigenvalue weighted by molar-refractivity contribution is -0.142. The van der Waals surface area contributed by atoms with Crippen LogP contribution in [-0.2, 0) is 16.1 Å². The fraction of sp³-hybridized carbons (Fsp3) is 0.417. The minimum atomic E-state index is -0.694. The number of nitrogens with zero attached hydrogens (tertiary/aromatic N) is 1. The Hall–Kier alpha value is -2.24. The molecule has 31 heavy (non-hydrogen) atoms. The van der Waals surface area contributed by atoms with Crippen LogP contribution in [-0.4, -0.2) is 35.4 Å². The monoisotopic (exact) mass is 462 g/mol. The molecule has 3 rings (SSSR count). The van der Waals surface area contributed by atoms with Gasteiger partial charge in [-0.25, -0.2) is 0 Å². The summed E-state index contributed by atoms with van der Waals surface area (Å²) in [7, 11) is 0. The van der Waals surface area contributed by atoms with E-state index in [4.69, 9.17) is 27.9 Å². The van der Waals surface area contributed by atoms with Crippen molar-refractivity contribution in [3.05, 3.63) is 63.6 Å². The van der Waals surface area contributed by atoms with Crippen molar-refractivity contribution in [1.82, 2.24) is 10.2 Å². The maximum absolute atomic E-state index is 13.2. The average molecular weight is 463 g/mol. The molecular formula is C24H28Cl2N2O3. The zero-order chi connectivity index (χ0) is 22.4. The van der Waals surface area contributed by atoms with Gasteiger partial charge in [-0.05, 0) is 50.5 Å². The Bertz CT molecular complexity index is 909. The van der Waals surface area contributed by atoms with Crippen LogP contribution in [0.25, 0.3) is 0 Å². The highest BCUT2D eigenvalue weighted by molar-refractivity contribution is 6.36. The summed E-state index contributed by atoms with van der Waals surface area (Å²) in [5.41, 5.74) is 1.54. The zero-order valence-corrected chi connectivity index (χ0v) is 19.4. The number of para-hydroxylation sites is 1. The lowest BCUT2D eigenvalue weighted by Gasteiger charge is -2.30. The third-order valence-corrected chi connectivity index (χ3v) is 6.41. The summed E-state index contributed by atoms with van der Waals surface area (Å²) in [6, 6.07) is 12.2. The van der Waals surface area contributed by atoms with Crippen LogP contribution in [0.5, 0.6) is 5.75 Å². The van der Waals surface area contributed by atoms with E-state index in [-0.39, 0.29) is 31.0 Å². The molecule has 1 fully saturated rings. The first kappa shape index (κ1) is 23.4. The van der Waals surface area contributed by atoms with E-state index >= 15 is 0 Å². The number of carbonyl (C=O) groups is 2. The summed E-state index contributed by atoms with van der Waals surface area (Å²) in [4.78, 5) is 27.6. The van der Waals surface area contributed by atoms with Crippen LogP contribution < -0.4 is 10.1 Å². The minimum absolute atomic E-state index is 0.119. The smallest absolute Gasteiger partial charge is 0.261 e. The fourth-order valence-electron chi connectivity index (χ4n) is 3.77. The number of amides is 2. The Labute approximate surface area is 193 Å². The van der Waals surface area contributed by atoms with E-state index in [0.29, 0.717) is 21.4 Å². The third-order valence-electron chi connectivity index (χ3n) is 5.70. The summed E-state index contributed by atoms with van der Waals surface area (Å²) in [6.07, 6.45) is 4.17. The SMILES string of the molecule is Cc1ccccc1OCC(=O)N(Cc1c(Cl)cccc1Cl)C(C)C(=O)NC1CCCC1. The maximum atomic E-state index is 13.2. The Kier molecular flexibility index (Phi) is 8.22. The number of aryl methyl sites for hydroxylation is 1. The summed E-state index contributed by atoms with van der Waals surface area (Å²) in [5.74, 6) is 0.141. The van der Waals surface area contributed by atoms with Gasteiger partial charge in [0.2, 0.25) is 5.91 Å². The molecule has 0 saturated heterocycles. The number of ether oxygens (including phenoxy) is 1. The number of nitrogens with one attached hydrogen (secondary N) is 1. The summed E-state index contributed by atoms with van der Waals surface area (Å²) < 4.78 is 5.75. The number of hydrogen-bond acceptors (Lipinski definition) is 3. The summed E-state index contributed by atoms with van der Waals surface area (Å²) in [6.45, 7) is 3.57. The molecule has 0 aliphatic heterocycles. The number of carbonyl (C=O) groups excluding carboxylic acids is 2. The molecule has 0 bridgehead atoms. The predicted octanol–water partition coefficient (Wildman–Crippen LogP) is 5.16. The van der Waals surface area contributed by atoms with Gasteiger partial charge >= 0.3 is 0 Å². The molecule has 2 amide bonds. The van der Waals surface area contributed by atoms with E-state index in [1.165, 1.54) is 4.90 Å². The van der Waals surface area contributed by atoms with Crippen LogP contribution in [0.3, 0.4) is 0 Å². The Morgan fingerprint density at radius 1 is 1.10 bits per heavy atom. The van der Waals surface area contributed by atoms with Crippen molar-refractivity contribution in [1.29, 1.82) is 0 Å². The van der Waals surface area contributed by atoms with Gasteiger partial charge in [-0.1, -0.05) is 60.3 Å². The molecule has 1 aliphatic carbocycles. The predicted molar refractivity (Wildman–Crippen MR) is 124 cm³/mol. The van der Waals surface area contributed by atoms with Crippen LogP contribution in [0.2, 0.25) is 10.0 Å². The Balaban J connectivity index is 1.77. The molecule has 0 spiro atoms. The van der Waals surface area contributed by atoms with Crippen LogP contribution >= 0.6 is 23.2 Å². The first-order valence-electron chi connectivity index (χ1n) is 10.6. The minimum Gasteiger partial charge on any atom is -0.484 e. The molecule has 1 atom stereocenters. The number of halogens is 2. The number of rotatable bonds is 8. The van der Waals surface area contributed by atoms with E-state index in [0.717, 1.165) is 31.2 Å². The highest BCUT2D eigenvalue weighted by Crippen LogP contribution is 2.27. The van der Waals surface area contributed by atoms with Crippen LogP contribution in [0.1, 0.15) is 43.7 Å². The number of benzene rings is 2. The molecule has 1 N–H and O–H groups in total. The molecule has 1 saturated carbocycles. The molecule has 5 nitrogen and oxygen atoms in total. The van der Waals surface area contributed by atoms with E-state index in [9.17, 15) is 9.59 Å². The second-order valence-electron chi connectivity index (χ2n) is 7.94. The largest absolute Gasteiger partial charge is 0.484 e. The topological polar surface area (TPSA) is 58.6 Å². The van der Waals surface area contributed by atoms with Crippen molar-refractivity contribution in [3.8, 4) is 5.75 Å². The molecule has 0 radical (unpaired) electrons. The van der Waals surface area contributed by atoms with Gasteiger partial charge in [-0.2, -0.15) is 0 Å². The second-order valence-corrected chi connectivity index (χ2v) is 8.76. The van der Waals surface area contributed by atoms with E-state index in [1.54, 1.807) is 25.1 Å². The van der Waals surface area contributed by atoms with Gasteiger partial charge < -0.3 is 15.0 Å². The lowest BCUT2D eigenvalue weighted by atomic mass is 10.1. The molecule has 7 heteroatoms. The lowest BCUT2D eigenvalue weighted by Crippen LogP contribution is -2.50. The van der Waals surface area contributed by atoms with Gasteiger partial charge in [-0.3, -0.25) is 9.59 Å². The van der Waals surface area contributed by atoms with Gasteiger partial charge in [0, 0.05) is 28.2 Å². The standard InChI is InChI=1S/C24H28Cl2N2O3/c1-16-8-3-6-13-22(16)31-15-23(29)28(14-19-20(25)11-7-12-21(19)26)17(2)24(30)27-18-9-4-5-10-18/h3,6-8,11-13,17-18H,4-5,9-10,14-15H2,1-2H3,(H,27,30). The molecular weight excluding hydrogens is 435 g/mol. The molecule has 1 aliphatic rings. The second kappa shape index (κ2) is 10.9. The molecule has 1 unspecified atom stereocenters. The molecule has 0 heterocycles. The Morgan fingerprint density at radius 2 is 1.74 bits per heavy atom. The van der Waals surface area contributed by atoms with Gasteiger partial charge in [-0.15, -0.1) is 0 Å². The van der Waals surface area contributed by atoms with Gasteiger partial charge in [0.15, 0.2) is 6.61 Å². The molecule has 166 valence electrons. The maximum Gasteiger partial charge on any atom is 0.261 e. The first-order valence-corrected chi connectivity index (χ1v) is 11.3. The van der Waals surface area contributed by atoms with Crippen LogP contribution in [0.15, 0.2) is 42.5 Å². The van der Waals surface area contributed by atoms with E-state index < -0.39 is 6.04 Å². The molecule has 2 aromatic rings. The summed E-state index contributed by atoms with van der Waals surface area (Å²) >= 11 is 12.7.